The van der Waals surface area contributed by atoms with Gasteiger partial charge in [-0.2, -0.15) is 0 Å². The van der Waals surface area contributed by atoms with Crippen LogP contribution in [0.1, 0.15) is 16.2 Å². The molecule has 0 radical (unpaired) electrons. The summed E-state index contributed by atoms with van der Waals surface area (Å²) < 4.78 is 6.93. The molecule has 4 aromatic heterocycles. The minimum absolute atomic E-state index is 0.0705. The van der Waals surface area contributed by atoms with Crippen LogP contribution in [0.4, 0.5) is 10.8 Å². The van der Waals surface area contributed by atoms with Gasteiger partial charge in [0.1, 0.15) is 12.1 Å². The first-order valence-electron chi connectivity index (χ1n) is 9.63. The molecule has 0 saturated heterocycles. The van der Waals surface area contributed by atoms with Gasteiger partial charge in [-0.15, -0.1) is 11.3 Å². The third kappa shape index (κ3) is 4.12. The first kappa shape index (κ1) is 19.6. The lowest BCUT2D eigenvalue weighted by Gasteiger charge is -2.06. The molecule has 0 spiro atoms. The molecule has 2 amide bonds. The summed E-state index contributed by atoms with van der Waals surface area (Å²) in [4.78, 5) is 37.5. The molecule has 0 aliphatic heterocycles. The highest BCUT2D eigenvalue weighted by Gasteiger charge is 2.13. The number of anilines is 2. The molecule has 0 saturated carbocycles. The molecule has 158 valence electrons. The van der Waals surface area contributed by atoms with Crippen molar-refractivity contribution in [1.82, 2.24) is 19.5 Å². The van der Waals surface area contributed by atoms with Crippen molar-refractivity contribution in [2.24, 2.45) is 0 Å². The van der Waals surface area contributed by atoms with E-state index in [0.29, 0.717) is 22.3 Å². The van der Waals surface area contributed by atoms with E-state index in [1.54, 1.807) is 36.1 Å². The fraction of sp³-hybridized carbons (Fsp3) is 0.0455. The lowest BCUT2D eigenvalue weighted by atomic mass is 10.3. The third-order valence-electron chi connectivity index (χ3n) is 4.59. The second kappa shape index (κ2) is 8.44. The first-order valence-corrected chi connectivity index (χ1v) is 10.5. The van der Waals surface area contributed by atoms with Crippen LogP contribution in [0.5, 0.6) is 0 Å². The number of hydrogen-bond donors (Lipinski definition) is 2. The molecule has 2 N–H and O–H groups in total. The van der Waals surface area contributed by atoms with E-state index >= 15 is 0 Å². The van der Waals surface area contributed by atoms with Crippen LogP contribution < -0.4 is 10.6 Å². The minimum Gasteiger partial charge on any atom is -0.459 e. The number of fused-ring (bicyclic) bond motifs is 1. The van der Waals surface area contributed by atoms with Crippen LogP contribution in [0.25, 0.3) is 16.9 Å². The van der Waals surface area contributed by atoms with Crippen LogP contribution in [0.3, 0.4) is 0 Å². The van der Waals surface area contributed by atoms with E-state index in [9.17, 15) is 9.59 Å². The van der Waals surface area contributed by atoms with E-state index in [1.807, 2.05) is 34.9 Å². The number of carbonyl (C=O) groups excluding carboxylic acids is 2. The van der Waals surface area contributed by atoms with Crippen molar-refractivity contribution in [3.8, 4) is 5.82 Å². The lowest BCUT2D eigenvalue weighted by molar-refractivity contribution is -0.115. The molecule has 0 atom stereocenters. The number of aromatic nitrogens is 4. The standard InChI is InChI=1S/C22H16N6O3S/c29-20(10-15-12-32-22(26-15)27-21(30)18-6-3-9-31-18)25-14-7-8-19(23-11-14)28-13-24-16-4-1-2-5-17(16)28/h1-9,11-13H,10H2,(H,25,29)(H,26,27,30). The highest BCUT2D eigenvalue weighted by Crippen LogP contribution is 2.19. The summed E-state index contributed by atoms with van der Waals surface area (Å²) in [5.74, 6) is 0.270. The average Bonchev–Trinajstić information content (AvgIpc) is 3.55. The normalized spacial score (nSPS) is 10.9. The Hall–Kier alpha value is -4.31. The molecule has 9 nitrogen and oxygen atoms in total. The Morgan fingerprint density at radius 2 is 1.94 bits per heavy atom. The van der Waals surface area contributed by atoms with Gasteiger partial charge in [-0.25, -0.2) is 15.0 Å². The Bertz CT molecular complexity index is 1390. The van der Waals surface area contributed by atoms with Crippen LogP contribution >= 0.6 is 11.3 Å². The van der Waals surface area contributed by atoms with Crippen LogP contribution in [-0.4, -0.2) is 31.3 Å². The summed E-state index contributed by atoms with van der Waals surface area (Å²) in [5.41, 5.74) is 2.96. The smallest absolute Gasteiger partial charge is 0.293 e. The Morgan fingerprint density at radius 1 is 1.03 bits per heavy atom. The van der Waals surface area contributed by atoms with E-state index in [-0.39, 0.29) is 18.1 Å². The number of benzene rings is 1. The molecular weight excluding hydrogens is 428 g/mol. The fourth-order valence-corrected chi connectivity index (χ4v) is 3.83. The van der Waals surface area contributed by atoms with E-state index < -0.39 is 5.91 Å². The fourth-order valence-electron chi connectivity index (χ4n) is 3.13. The number of nitrogens with zero attached hydrogens (tertiary/aromatic N) is 4. The summed E-state index contributed by atoms with van der Waals surface area (Å²) in [6.45, 7) is 0. The van der Waals surface area contributed by atoms with Crippen LogP contribution in [-0.2, 0) is 11.2 Å². The summed E-state index contributed by atoms with van der Waals surface area (Å²) in [6, 6.07) is 14.6. The SMILES string of the molecule is O=C(Cc1csc(NC(=O)c2ccco2)n1)Nc1ccc(-n2cnc3ccccc32)nc1. The Balaban J connectivity index is 1.20. The molecule has 0 bridgehead atoms. The molecule has 1 aromatic carbocycles. The van der Waals surface area contributed by atoms with Crippen molar-refractivity contribution >= 4 is 45.0 Å². The molecular formula is C22H16N6O3S. The van der Waals surface area contributed by atoms with Gasteiger partial charge in [0.05, 0.1) is 41.3 Å². The molecule has 0 fully saturated rings. The predicted molar refractivity (Wildman–Crippen MR) is 120 cm³/mol. The van der Waals surface area contributed by atoms with Crippen LogP contribution in [0, 0.1) is 0 Å². The first-order chi connectivity index (χ1) is 15.7. The summed E-state index contributed by atoms with van der Waals surface area (Å²) in [7, 11) is 0. The van der Waals surface area contributed by atoms with Gasteiger partial charge in [0.15, 0.2) is 10.9 Å². The maximum Gasteiger partial charge on any atom is 0.293 e. The number of imidazole rings is 1. The van der Waals surface area contributed by atoms with Crippen LogP contribution in [0.15, 0.2) is 77.1 Å². The number of hydrogen-bond acceptors (Lipinski definition) is 7. The second-order valence-electron chi connectivity index (χ2n) is 6.81. The van der Waals surface area contributed by atoms with Gasteiger partial charge in [0.25, 0.3) is 5.91 Å². The topological polar surface area (TPSA) is 115 Å². The predicted octanol–water partition coefficient (Wildman–Crippen LogP) is 3.90. The Kier molecular flexibility index (Phi) is 5.18. The number of rotatable bonds is 6. The maximum atomic E-state index is 12.4. The van der Waals surface area contributed by atoms with Gasteiger partial charge >= 0.3 is 0 Å². The summed E-state index contributed by atoms with van der Waals surface area (Å²) in [5, 5.41) is 7.58. The second-order valence-corrected chi connectivity index (χ2v) is 7.67. The van der Waals surface area contributed by atoms with Gasteiger partial charge in [0, 0.05) is 5.38 Å². The van der Waals surface area contributed by atoms with Crippen molar-refractivity contribution in [2.75, 3.05) is 10.6 Å². The van der Waals surface area contributed by atoms with E-state index in [2.05, 4.69) is 25.6 Å². The van der Waals surface area contributed by atoms with Crippen LogP contribution in [0.2, 0.25) is 0 Å². The molecule has 5 rings (SSSR count). The zero-order valence-corrected chi connectivity index (χ0v) is 17.4. The highest BCUT2D eigenvalue weighted by atomic mass is 32.1. The number of thiazole rings is 1. The highest BCUT2D eigenvalue weighted by molar-refractivity contribution is 7.14. The maximum absolute atomic E-state index is 12.4. The van der Waals surface area contributed by atoms with E-state index in [1.165, 1.54) is 17.6 Å². The zero-order valence-electron chi connectivity index (χ0n) is 16.6. The zero-order chi connectivity index (χ0) is 21.9. The summed E-state index contributed by atoms with van der Waals surface area (Å²) in [6.07, 6.45) is 4.81. The van der Waals surface area contributed by atoms with Gasteiger partial charge in [0.2, 0.25) is 5.91 Å². The quantitative estimate of drug-likeness (QED) is 0.410. The van der Waals surface area contributed by atoms with Crippen molar-refractivity contribution in [3.05, 3.63) is 84.2 Å². The van der Waals surface area contributed by atoms with Gasteiger partial charge in [-0.3, -0.25) is 19.5 Å². The van der Waals surface area contributed by atoms with Crippen molar-refractivity contribution in [2.45, 2.75) is 6.42 Å². The number of nitrogens with one attached hydrogen (secondary N) is 2. The summed E-state index contributed by atoms with van der Waals surface area (Å²) >= 11 is 1.24. The van der Waals surface area contributed by atoms with Crippen molar-refractivity contribution < 1.29 is 14.0 Å². The van der Waals surface area contributed by atoms with Crippen molar-refractivity contribution in [3.63, 3.8) is 0 Å². The number of para-hydroxylation sites is 2. The molecule has 5 aromatic rings. The minimum atomic E-state index is -0.391. The number of furan rings is 1. The largest absolute Gasteiger partial charge is 0.459 e. The average molecular weight is 444 g/mol. The van der Waals surface area contributed by atoms with Gasteiger partial charge in [-0.1, -0.05) is 12.1 Å². The molecule has 0 unspecified atom stereocenters. The lowest BCUT2D eigenvalue weighted by Crippen LogP contribution is -2.15. The van der Waals surface area contributed by atoms with Crippen molar-refractivity contribution in [1.29, 1.82) is 0 Å². The van der Waals surface area contributed by atoms with E-state index in [0.717, 1.165) is 11.0 Å². The van der Waals surface area contributed by atoms with Gasteiger partial charge < -0.3 is 9.73 Å². The molecule has 10 heteroatoms. The Morgan fingerprint density at radius 3 is 2.75 bits per heavy atom. The number of pyridine rings is 1. The Labute approximate surface area is 185 Å². The van der Waals surface area contributed by atoms with Gasteiger partial charge in [-0.05, 0) is 36.4 Å². The molecule has 0 aliphatic carbocycles. The monoisotopic (exact) mass is 444 g/mol. The number of amides is 2. The molecule has 32 heavy (non-hydrogen) atoms. The number of carbonyl (C=O) groups is 2. The molecule has 0 aliphatic rings. The van der Waals surface area contributed by atoms with E-state index in [4.69, 9.17) is 4.42 Å². The molecule has 4 heterocycles. The third-order valence-corrected chi connectivity index (χ3v) is 5.40.